The Labute approximate surface area is 88.2 Å². The lowest BCUT2D eigenvalue weighted by molar-refractivity contribution is -0.135. The third-order valence-corrected chi connectivity index (χ3v) is 3.05. The van der Waals surface area contributed by atoms with E-state index in [4.69, 9.17) is 4.74 Å². The number of rotatable bonds is 4. The van der Waals surface area contributed by atoms with Gasteiger partial charge in [-0.3, -0.25) is 0 Å². The summed E-state index contributed by atoms with van der Waals surface area (Å²) < 4.78 is 41.0. The number of hydrogen-bond acceptors (Lipinski definition) is 2. The summed E-state index contributed by atoms with van der Waals surface area (Å²) in [5, 5.41) is 3.16. The molecule has 1 aliphatic heterocycles. The molecule has 1 saturated heterocycles. The minimum atomic E-state index is -4.04. The summed E-state index contributed by atoms with van der Waals surface area (Å²) in [5.41, 5.74) is -0.161. The van der Waals surface area contributed by atoms with Crippen molar-refractivity contribution in [3.8, 4) is 0 Å². The SMILES string of the molecule is CC1OCCC1(C)NCCCC(F)(F)F. The molecular formula is C10H18F3NO. The van der Waals surface area contributed by atoms with Crippen molar-refractivity contribution in [2.75, 3.05) is 13.2 Å². The second-order valence-electron chi connectivity index (χ2n) is 4.33. The highest BCUT2D eigenvalue weighted by molar-refractivity contribution is 4.93. The summed E-state index contributed by atoms with van der Waals surface area (Å²) in [4.78, 5) is 0. The predicted molar refractivity (Wildman–Crippen MR) is 51.7 cm³/mol. The Morgan fingerprint density at radius 1 is 1.47 bits per heavy atom. The first kappa shape index (κ1) is 12.8. The van der Waals surface area contributed by atoms with Crippen molar-refractivity contribution in [3.63, 3.8) is 0 Å². The molecule has 1 aliphatic rings. The molecule has 0 saturated carbocycles. The molecule has 1 rings (SSSR count). The van der Waals surface area contributed by atoms with Gasteiger partial charge in [0.2, 0.25) is 0 Å². The van der Waals surface area contributed by atoms with Crippen LogP contribution in [0.3, 0.4) is 0 Å². The first-order valence-corrected chi connectivity index (χ1v) is 5.27. The molecule has 0 aromatic heterocycles. The van der Waals surface area contributed by atoms with Gasteiger partial charge in [0, 0.05) is 18.6 Å². The third-order valence-electron chi connectivity index (χ3n) is 3.05. The van der Waals surface area contributed by atoms with Gasteiger partial charge in [0.25, 0.3) is 0 Å². The molecule has 0 amide bonds. The van der Waals surface area contributed by atoms with Crippen LogP contribution in [0.4, 0.5) is 13.2 Å². The average Bonchev–Trinajstić information content (AvgIpc) is 2.41. The standard InChI is InChI=1S/C10H18F3NO/c1-8-9(2,5-7-15-8)14-6-3-4-10(11,12)13/h8,14H,3-7H2,1-2H3. The molecule has 2 nitrogen and oxygen atoms in total. The van der Waals surface area contributed by atoms with Crippen molar-refractivity contribution in [3.05, 3.63) is 0 Å². The Kier molecular flexibility index (Phi) is 4.00. The van der Waals surface area contributed by atoms with E-state index >= 15 is 0 Å². The molecule has 2 atom stereocenters. The first-order valence-electron chi connectivity index (χ1n) is 5.27. The normalized spacial score (nSPS) is 32.2. The Balaban J connectivity index is 2.20. The van der Waals surface area contributed by atoms with Crippen LogP contribution in [0.15, 0.2) is 0 Å². The van der Waals surface area contributed by atoms with Gasteiger partial charge in [-0.25, -0.2) is 0 Å². The van der Waals surface area contributed by atoms with E-state index in [0.29, 0.717) is 13.2 Å². The molecule has 0 radical (unpaired) electrons. The topological polar surface area (TPSA) is 21.3 Å². The van der Waals surface area contributed by atoms with E-state index in [1.165, 1.54) is 0 Å². The second-order valence-corrected chi connectivity index (χ2v) is 4.33. The molecule has 2 unspecified atom stereocenters. The molecule has 15 heavy (non-hydrogen) atoms. The molecule has 1 N–H and O–H groups in total. The van der Waals surface area contributed by atoms with Crippen molar-refractivity contribution in [1.82, 2.24) is 5.32 Å². The lowest BCUT2D eigenvalue weighted by atomic mass is 9.94. The molecule has 0 aromatic carbocycles. The van der Waals surface area contributed by atoms with Gasteiger partial charge in [-0.15, -0.1) is 0 Å². The molecule has 0 bridgehead atoms. The van der Waals surface area contributed by atoms with Crippen LogP contribution in [0.1, 0.15) is 33.1 Å². The van der Waals surface area contributed by atoms with Gasteiger partial charge in [-0.05, 0) is 33.2 Å². The van der Waals surface area contributed by atoms with Gasteiger partial charge in [0.05, 0.1) is 6.10 Å². The summed E-state index contributed by atoms with van der Waals surface area (Å²) in [7, 11) is 0. The van der Waals surface area contributed by atoms with Crippen LogP contribution in [0.25, 0.3) is 0 Å². The summed E-state index contributed by atoms with van der Waals surface area (Å²) in [6, 6.07) is 0. The smallest absolute Gasteiger partial charge is 0.377 e. The van der Waals surface area contributed by atoms with Crippen LogP contribution in [-0.2, 0) is 4.74 Å². The maximum absolute atomic E-state index is 11.9. The Morgan fingerprint density at radius 2 is 2.13 bits per heavy atom. The lowest BCUT2D eigenvalue weighted by Crippen LogP contribution is -2.48. The van der Waals surface area contributed by atoms with E-state index < -0.39 is 12.6 Å². The van der Waals surface area contributed by atoms with Crippen LogP contribution in [0.2, 0.25) is 0 Å². The highest BCUT2D eigenvalue weighted by Crippen LogP contribution is 2.25. The van der Waals surface area contributed by atoms with Crippen LogP contribution in [-0.4, -0.2) is 31.0 Å². The van der Waals surface area contributed by atoms with E-state index in [1.807, 2.05) is 13.8 Å². The quantitative estimate of drug-likeness (QED) is 0.742. The van der Waals surface area contributed by atoms with E-state index in [0.717, 1.165) is 6.42 Å². The molecule has 0 aliphatic carbocycles. The largest absolute Gasteiger partial charge is 0.389 e. The van der Waals surface area contributed by atoms with Crippen molar-refractivity contribution in [2.45, 2.75) is 50.9 Å². The monoisotopic (exact) mass is 225 g/mol. The van der Waals surface area contributed by atoms with E-state index in [9.17, 15) is 13.2 Å². The molecule has 90 valence electrons. The van der Waals surface area contributed by atoms with Gasteiger partial charge in [-0.1, -0.05) is 0 Å². The first-order chi connectivity index (χ1) is 6.83. The van der Waals surface area contributed by atoms with Crippen molar-refractivity contribution >= 4 is 0 Å². The third kappa shape index (κ3) is 3.99. The fourth-order valence-electron chi connectivity index (χ4n) is 1.73. The zero-order chi connectivity index (χ0) is 11.5. The van der Waals surface area contributed by atoms with E-state index in [1.54, 1.807) is 0 Å². The molecule has 1 heterocycles. The summed E-state index contributed by atoms with van der Waals surface area (Å²) >= 11 is 0. The molecule has 5 heteroatoms. The minimum Gasteiger partial charge on any atom is -0.377 e. The van der Waals surface area contributed by atoms with E-state index in [2.05, 4.69) is 5.32 Å². The molecule has 1 fully saturated rings. The average molecular weight is 225 g/mol. The van der Waals surface area contributed by atoms with Crippen molar-refractivity contribution in [1.29, 1.82) is 0 Å². The number of halogens is 3. The van der Waals surface area contributed by atoms with Gasteiger partial charge in [0.1, 0.15) is 0 Å². The Morgan fingerprint density at radius 3 is 2.60 bits per heavy atom. The summed E-state index contributed by atoms with van der Waals surface area (Å²) in [6.07, 6.45) is -3.69. The second kappa shape index (κ2) is 4.70. The van der Waals surface area contributed by atoms with Gasteiger partial charge in [-0.2, -0.15) is 13.2 Å². The van der Waals surface area contributed by atoms with Crippen LogP contribution in [0, 0.1) is 0 Å². The Bertz CT molecular complexity index is 207. The number of alkyl halides is 3. The van der Waals surface area contributed by atoms with Gasteiger partial charge in [0.15, 0.2) is 0 Å². The zero-order valence-corrected chi connectivity index (χ0v) is 9.16. The Hall–Kier alpha value is -0.290. The van der Waals surface area contributed by atoms with E-state index in [-0.39, 0.29) is 18.1 Å². The zero-order valence-electron chi connectivity index (χ0n) is 9.16. The van der Waals surface area contributed by atoms with Crippen molar-refractivity contribution in [2.24, 2.45) is 0 Å². The lowest BCUT2D eigenvalue weighted by Gasteiger charge is -2.29. The van der Waals surface area contributed by atoms with Crippen LogP contribution >= 0.6 is 0 Å². The van der Waals surface area contributed by atoms with Crippen LogP contribution < -0.4 is 5.32 Å². The van der Waals surface area contributed by atoms with Crippen LogP contribution in [0.5, 0.6) is 0 Å². The summed E-state index contributed by atoms with van der Waals surface area (Å²) in [6.45, 7) is 5.02. The highest BCUT2D eigenvalue weighted by Gasteiger charge is 2.36. The molecule has 0 aromatic rings. The summed E-state index contributed by atoms with van der Waals surface area (Å²) in [5.74, 6) is 0. The number of hydrogen-bond donors (Lipinski definition) is 1. The van der Waals surface area contributed by atoms with Crippen molar-refractivity contribution < 1.29 is 17.9 Å². The van der Waals surface area contributed by atoms with Gasteiger partial charge < -0.3 is 10.1 Å². The molecule has 0 spiro atoms. The fourth-order valence-corrected chi connectivity index (χ4v) is 1.73. The van der Waals surface area contributed by atoms with Gasteiger partial charge >= 0.3 is 6.18 Å². The molecular weight excluding hydrogens is 207 g/mol. The highest BCUT2D eigenvalue weighted by atomic mass is 19.4. The number of ether oxygens (including phenoxy) is 1. The predicted octanol–water partition coefficient (Wildman–Crippen LogP) is 2.49. The fraction of sp³-hybridized carbons (Fsp3) is 1.00. The minimum absolute atomic E-state index is 0.0726. The maximum atomic E-state index is 11.9. The maximum Gasteiger partial charge on any atom is 0.389 e. The number of nitrogens with one attached hydrogen (secondary N) is 1.